The van der Waals surface area contributed by atoms with E-state index in [4.69, 9.17) is 9.47 Å². The lowest BCUT2D eigenvalue weighted by molar-refractivity contribution is -0.0444. The number of ether oxygens (including phenoxy) is 2. The molecule has 0 aromatic heterocycles. The second-order valence-corrected chi connectivity index (χ2v) is 8.80. The Kier molecular flexibility index (Phi) is 4.00. The normalized spacial score (nSPS) is 38.6. The van der Waals surface area contributed by atoms with Crippen LogP contribution in [0.15, 0.2) is 16.6 Å². The zero-order chi connectivity index (χ0) is 16.2. The monoisotopic (exact) mass is 378 g/mol. The second kappa shape index (κ2) is 5.77. The summed E-state index contributed by atoms with van der Waals surface area (Å²) < 4.78 is 12.5. The molecule has 2 saturated carbocycles. The van der Waals surface area contributed by atoms with Crippen molar-refractivity contribution < 1.29 is 9.47 Å². The molecule has 0 radical (unpaired) electrons. The Hall–Kier alpha value is -0.540. The third-order valence-electron chi connectivity index (χ3n) is 7.19. The van der Waals surface area contributed by atoms with Gasteiger partial charge in [0.1, 0.15) is 5.75 Å². The third kappa shape index (κ3) is 2.30. The number of benzene rings is 1. The Balaban J connectivity index is 1.69. The number of methoxy groups -OCH3 is 2. The molecule has 2 nitrogen and oxygen atoms in total. The number of fused-ring (bicyclic) bond motifs is 5. The molecule has 0 saturated heterocycles. The molecule has 1 aromatic rings. The van der Waals surface area contributed by atoms with Crippen molar-refractivity contribution in [2.24, 2.45) is 17.3 Å². The van der Waals surface area contributed by atoms with Gasteiger partial charge in [0.2, 0.25) is 0 Å². The summed E-state index contributed by atoms with van der Waals surface area (Å²) in [5.41, 5.74) is 3.49. The van der Waals surface area contributed by atoms with Crippen molar-refractivity contribution in [1.82, 2.24) is 0 Å². The number of halogens is 1. The van der Waals surface area contributed by atoms with Gasteiger partial charge < -0.3 is 9.47 Å². The van der Waals surface area contributed by atoms with Crippen LogP contribution in [0.3, 0.4) is 0 Å². The fraction of sp³-hybridized carbons (Fsp3) is 0.700. The Morgan fingerprint density at radius 2 is 1.96 bits per heavy atom. The molecule has 0 heterocycles. The molecule has 0 N–H and O–H groups in total. The Morgan fingerprint density at radius 3 is 2.70 bits per heavy atom. The van der Waals surface area contributed by atoms with Gasteiger partial charge in [0.15, 0.2) is 0 Å². The average molecular weight is 379 g/mol. The van der Waals surface area contributed by atoms with Crippen LogP contribution in [0.4, 0.5) is 0 Å². The van der Waals surface area contributed by atoms with Crippen molar-refractivity contribution in [2.45, 2.75) is 57.5 Å². The highest BCUT2D eigenvalue weighted by Gasteiger charge is 2.55. The summed E-state index contributed by atoms with van der Waals surface area (Å²) in [7, 11) is 3.66. The van der Waals surface area contributed by atoms with Gasteiger partial charge in [0.05, 0.1) is 17.7 Å². The van der Waals surface area contributed by atoms with Gasteiger partial charge in [0.25, 0.3) is 0 Å². The Labute approximate surface area is 148 Å². The predicted octanol–water partition coefficient (Wildman–Crippen LogP) is 5.33. The van der Waals surface area contributed by atoms with Gasteiger partial charge >= 0.3 is 0 Å². The standard InChI is InChI=1S/C20H27BrO2/c1-20-9-8-13-14(16(20)6-7-19(20)23-3)5-4-12-10-18(22-2)17(21)11-15(12)13/h10-11,13-14,16,19H,4-9H2,1-3H3/t13?,14?,16?,19?,20-/m0/s1. The highest BCUT2D eigenvalue weighted by Crippen LogP contribution is 2.61. The molecule has 0 bridgehead atoms. The van der Waals surface area contributed by atoms with Gasteiger partial charge in [-0.1, -0.05) is 6.92 Å². The summed E-state index contributed by atoms with van der Waals surface area (Å²) in [5.74, 6) is 3.37. The van der Waals surface area contributed by atoms with E-state index in [1.807, 2.05) is 7.11 Å². The Bertz CT molecular complexity index is 614. The molecule has 126 valence electrons. The van der Waals surface area contributed by atoms with Crippen LogP contribution in [0.25, 0.3) is 0 Å². The molecular formula is C20H27BrO2. The lowest BCUT2D eigenvalue weighted by atomic mass is 9.55. The topological polar surface area (TPSA) is 18.5 Å². The molecule has 3 heteroatoms. The van der Waals surface area contributed by atoms with Crippen LogP contribution >= 0.6 is 15.9 Å². The molecule has 4 unspecified atom stereocenters. The molecule has 4 rings (SSSR count). The first kappa shape index (κ1) is 16.0. The molecule has 3 aliphatic carbocycles. The molecule has 5 atom stereocenters. The minimum Gasteiger partial charge on any atom is -0.496 e. The van der Waals surface area contributed by atoms with Crippen LogP contribution < -0.4 is 4.74 Å². The zero-order valence-corrected chi connectivity index (χ0v) is 16.0. The summed E-state index contributed by atoms with van der Waals surface area (Å²) in [6.45, 7) is 2.49. The highest BCUT2D eigenvalue weighted by atomic mass is 79.9. The van der Waals surface area contributed by atoms with Crippen LogP contribution in [0, 0.1) is 17.3 Å². The van der Waals surface area contributed by atoms with Gasteiger partial charge in [-0.05, 0) is 101 Å². The van der Waals surface area contributed by atoms with Crippen LogP contribution in [-0.4, -0.2) is 20.3 Å². The van der Waals surface area contributed by atoms with E-state index in [0.717, 1.165) is 28.0 Å². The molecule has 1 aromatic carbocycles. The number of hydrogen-bond donors (Lipinski definition) is 0. The molecule has 2 fully saturated rings. The molecule has 0 spiro atoms. The van der Waals surface area contributed by atoms with Crippen molar-refractivity contribution in [2.75, 3.05) is 14.2 Å². The van der Waals surface area contributed by atoms with Gasteiger partial charge in [-0.3, -0.25) is 0 Å². The minimum absolute atomic E-state index is 0.400. The molecular weight excluding hydrogens is 352 g/mol. The molecule has 23 heavy (non-hydrogen) atoms. The van der Waals surface area contributed by atoms with Gasteiger partial charge in [-0.25, -0.2) is 0 Å². The van der Waals surface area contributed by atoms with E-state index in [1.165, 1.54) is 44.1 Å². The molecule has 0 aliphatic heterocycles. The van der Waals surface area contributed by atoms with E-state index in [9.17, 15) is 0 Å². The van der Waals surface area contributed by atoms with E-state index in [2.05, 4.69) is 35.0 Å². The SMILES string of the molecule is COc1cc2c(cc1Br)C1CC[C@]3(C)C(OC)CCC3C1CC2. The minimum atomic E-state index is 0.400. The van der Waals surface area contributed by atoms with Crippen LogP contribution in [0.5, 0.6) is 5.75 Å². The summed E-state index contributed by atoms with van der Waals surface area (Å²) in [6, 6.07) is 4.60. The van der Waals surface area contributed by atoms with E-state index >= 15 is 0 Å². The Morgan fingerprint density at radius 1 is 1.13 bits per heavy atom. The smallest absolute Gasteiger partial charge is 0.133 e. The summed E-state index contributed by atoms with van der Waals surface area (Å²) in [4.78, 5) is 0. The van der Waals surface area contributed by atoms with Crippen LogP contribution in [-0.2, 0) is 11.2 Å². The fourth-order valence-electron chi connectivity index (χ4n) is 6.07. The fourth-order valence-corrected chi connectivity index (χ4v) is 6.59. The first-order valence-electron chi connectivity index (χ1n) is 8.97. The third-order valence-corrected chi connectivity index (χ3v) is 7.81. The summed E-state index contributed by atoms with van der Waals surface area (Å²) >= 11 is 3.69. The lowest BCUT2D eigenvalue weighted by Crippen LogP contribution is -2.44. The number of aryl methyl sites for hydroxylation is 1. The van der Waals surface area contributed by atoms with Crippen molar-refractivity contribution in [1.29, 1.82) is 0 Å². The van der Waals surface area contributed by atoms with Gasteiger partial charge in [-0.2, -0.15) is 0 Å². The quantitative estimate of drug-likeness (QED) is 0.692. The van der Waals surface area contributed by atoms with Crippen molar-refractivity contribution >= 4 is 15.9 Å². The van der Waals surface area contributed by atoms with Crippen molar-refractivity contribution in [3.8, 4) is 5.75 Å². The predicted molar refractivity (Wildman–Crippen MR) is 96.1 cm³/mol. The van der Waals surface area contributed by atoms with Gasteiger partial charge in [0, 0.05) is 7.11 Å². The second-order valence-electron chi connectivity index (χ2n) is 7.95. The van der Waals surface area contributed by atoms with E-state index in [-0.39, 0.29) is 0 Å². The molecule has 3 aliphatic rings. The zero-order valence-electron chi connectivity index (χ0n) is 14.4. The maximum absolute atomic E-state index is 5.86. The number of rotatable bonds is 2. The average Bonchev–Trinajstić information content (AvgIpc) is 2.90. The van der Waals surface area contributed by atoms with Gasteiger partial charge in [-0.15, -0.1) is 0 Å². The van der Waals surface area contributed by atoms with Crippen LogP contribution in [0.2, 0.25) is 0 Å². The summed E-state index contributed by atoms with van der Waals surface area (Å²) in [5, 5.41) is 0. The van der Waals surface area contributed by atoms with Crippen LogP contribution in [0.1, 0.15) is 56.1 Å². The first-order chi connectivity index (χ1) is 11.1. The maximum atomic E-state index is 5.86. The number of hydrogen-bond acceptors (Lipinski definition) is 2. The van der Waals surface area contributed by atoms with E-state index in [0.29, 0.717) is 11.5 Å². The first-order valence-corrected chi connectivity index (χ1v) is 9.77. The van der Waals surface area contributed by atoms with Crippen molar-refractivity contribution in [3.05, 3.63) is 27.7 Å². The van der Waals surface area contributed by atoms with E-state index < -0.39 is 0 Å². The lowest BCUT2D eigenvalue weighted by Gasteiger charge is -2.50. The van der Waals surface area contributed by atoms with Crippen molar-refractivity contribution in [3.63, 3.8) is 0 Å². The maximum Gasteiger partial charge on any atom is 0.133 e. The molecule has 0 amide bonds. The van der Waals surface area contributed by atoms with E-state index in [1.54, 1.807) is 12.7 Å². The summed E-state index contributed by atoms with van der Waals surface area (Å²) in [6.07, 6.45) is 8.22. The highest BCUT2D eigenvalue weighted by molar-refractivity contribution is 9.10. The largest absolute Gasteiger partial charge is 0.496 e.